The zero-order valence-electron chi connectivity index (χ0n) is 10.6. The predicted octanol–water partition coefficient (Wildman–Crippen LogP) is 2.88. The van der Waals surface area contributed by atoms with Crippen LogP contribution in [0.25, 0.3) is 0 Å². The fourth-order valence-corrected chi connectivity index (χ4v) is 2.25. The van der Waals surface area contributed by atoms with Crippen molar-refractivity contribution >= 4 is 5.69 Å². The van der Waals surface area contributed by atoms with Crippen molar-refractivity contribution in [3.63, 3.8) is 0 Å². The van der Waals surface area contributed by atoms with Gasteiger partial charge in [0.1, 0.15) is 0 Å². The predicted molar refractivity (Wildman–Crippen MR) is 69.9 cm³/mol. The number of fused-ring (bicyclic) bond motifs is 1. The molecule has 1 heterocycles. The molecule has 0 aliphatic carbocycles. The lowest BCUT2D eigenvalue weighted by atomic mass is 9.97. The third-order valence-electron chi connectivity index (χ3n) is 3.47. The normalized spacial score (nSPS) is 17.9. The van der Waals surface area contributed by atoms with Gasteiger partial charge in [0.15, 0.2) is 0 Å². The molecular formula is C14H22N2. The van der Waals surface area contributed by atoms with E-state index >= 15 is 0 Å². The lowest BCUT2D eigenvalue weighted by Crippen LogP contribution is -2.27. The Bertz CT molecular complexity index is 360. The van der Waals surface area contributed by atoms with Crippen molar-refractivity contribution in [1.29, 1.82) is 0 Å². The number of likely N-dealkylation sites (N-methyl/N-ethyl adjacent to an activating group) is 1. The summed E-state index contributed by atoms with van der Waals surface area (Å²) in [5.41, 5.74) is 4.36. The maximum atomic E-state index is 3.62. The largest absolute Gasteiger partial charge is 0.382 e. The van der Waals surface area contributed by atoms with Crippen LogP contribution in [0.15, 0.2) is 18.2 Å². The monoisotopic (exact) mass is 218 g/mol. The molecule has 1 aliphatic rings. The summed E-state index contributed by atoms with van der Waals surface area (Å²) in [5.74, 6) is 0. The van der Waals surface area contributed by atoms with Crippen molar-refractivity contribution in [2.75, 3.05) is 18.9 Å². The first kappa shape index (κ1) is 11.5. The molecule has 1 atom stereocenters. The molecule has 2 nitrogen and oxygen atoms in total. The molecular weight excluding hydrogens is 196 g/mol. The van der Waals surface area contributed by atoms with Crippen LogP contribution in [0.4, 0.5) is 5.69 Å². The standard InChI is InChI=1S/C14H22N2/c1-4-11(2)15-14-7-5-6-12-10-16(3)9-8-13(12)14/h5-7,11,15H,4,8-10H2,1-3H3. The molecule has 1 unspecified atom stereocenters. The van der Waals surface area contributed by atoms with E-state index in [0.29, 0.717) is 6.04 Å². The topological polar surface area (TPSA) is 15.3 Å². The molecule has 0 saturated carbocycles. The number of hydrogen-bond donors (Lipinski definition) is 1. The highest BCUT2D eigenvalue weighted by Crippen LogP contribution is 2.26. The third-order valence-corrected chi connectivity index (χ3v) is 3.47. The number of nitrogens with one attached hydrogen (secondary N) is 1. The van der Waals surface area contributed by atoms with Gasteiger partial charge in [0, 0.05) is 24.8 Å². The van der Waals surface area contributed by atoms with Gasteiger partial charge in [-0.25, -0.2) is 0 Å². The minimum absolute atomic E-state index is 0.561. The number of rotatable bonds is 3. The highest BCUT2D eigenvalue weighted by Gasteiger charge is 2.16. The molecule has 0 radical (unpaired) electrons. The van der Waals surface area contributed by atoms with Gasteiger partial charge in [-0.1, -0.05) is 19.1 Å². The molecule has 1 aromatic rings. The molecule has 0 amide bonds. The zero-order valence-corrected chi connectivity index (χ0v) is 10.6. The quantitative estimate of drug-likeness (QED) is 0.839. The maximum absolute atomic E-state index is 3.62. The average molecular weight is 218 g/mol. The van der Waals surface area contributed by atoms with Gasteiger partial charge in [0.25, 0.3) is 0 Å². The van der Waals surface area contributed by atoms with Gasteiger partial charge in [-0.3, -0.25) is 0 Å². The molecule has 88 valence electrons. The van der Waals surface area contributed by atoms with Gasteiger partial charge in [0.2, 0.25) is 0 Å². The SMILES string of the molecule is CCC(C)Nc1cccc2c1CCN(C)C2. The highest BCUT2D eigenvalue weighted by molar-refractivity contribution is 5.56. The first-order valence-electron chi connectivity index (χ1n) is 6.26. The zero-order chi connectivity index (χ0) is 11.5. The molecule has 16 heavy (non-hydrogen) atoms. The second-order valence-corrected chi connectivity index (χ2v) is 4.88. The summed E-state index contributed by atoms with van der Waals surface area (Å²) < 4.78 is 0. The average Bonchev–Trinajstić information content (AvgIpc) is 2.28. The lowest BCUT2D eigenvalue weighted by molar-refractivity contribution is 0.313. The van der Waals surface area contributed by atoms with Crippen molar-refractivity contribution < 1.29 is 0 Å². The fourth-order valence-electron chi connectivity index (χ4n) is 2.25. The van der Waals surface area contributed by atoms with E-state index in [1.165, 1.54) is 36.2 Å². The number of hydrogen-bond acceptors (Lipinski definition) is 2. The summed E-state index contributed by atoms with van der Waals surface area (Å²) in [6.45, 7) is 6.73. The van der Waals surface area contributed by atoms with Crippen LogP contribution < -0.4 is 5.32 Å². The smallest absolute Gasteiger partial charge is 0.0378 e. The van der Waals surface area contributed by atoms with Crippen molar-refractivity contribution in [3.05, 3.63) is 29.3 Å². The second kappa shape index (κ2) is 4.88. The van der Waals surface area contributed by atoms with Crippen molar-refractivity contribution in [2.24, 2.45) is 0 Å². The van der Waals surface area contributed by atoms with Gasteiger partial charge in [-0.2, -0.15) is 0 Å². The van der Waals surface area contributed by atoms with Crippen LogP contribution in [0, 0.1) is 0 Å². The molecule has 1 N–H and O–H groups in total. The van der Waals surface area contributed by atoms with E-state index in [1.807, 2.05) is 0 Å². The highest BCUT2D eigenvalue weighted by atomic mass is 15.1. The number of anilines is 1. The van der Waals surface area contributed by atoms with Crippen LogP contribution in [0.2, 0.25) is 0 Å². The van der Waals surface area contributed by atoms with Gasteiger partial charge in [-0.05, 0) is 44.0 Å². The minimum Gasteiger partial charge on any atom is -0.382 e. The second-order valence-electron chi connectivity index (χ2n) is 4.88. The maximum Gasteiger partial charge on any atom is 0.0378 e. The van der Waals surface area contributed by atoms with Gasteiger partial charge in [0.05, 0.1) is 0 Å². The number of benzene rings is 1. The van der Waals surface area contributed by atoms with E-state index < -0.39 is 0 Å². The molecule has 0 saturated heterocycles. The first-order chi connectivity index (χ1) is 7.70. The van der Waals surface area contributed by atoms with Crippen LogP contribution in [0.1, 0.15) is 31.4 Å². The Labute approximate surface area is 98.7 Å². The van der Waals surface area contributed by atoms with Crippen LogP contribution >= 0.6 is 0 Å². The Hall–Kier alpha value is -1.02. The van der Waals surface area contributed by atoms with Crippen LogP contribution in [0.3, 0.4) is 0 Å². The van der Waals surface area contributed by atoms with Crippen LogP contribution in [0.5, 0.6) is 0 Å². The number of nitrogens with zero attached hydrogens (tertiary/aromatic N) is 1. The molecule has 0 spiro atoms. The fraction of sp³-hybridized carbons (Fsp3) is 0.571. The van der Waals surface area contributed by atoms with E-state index in [9.17, 15) is 0 Å². The summed E-state index contributed by atoms with van der Waals surface area (Å²) in [7, 11) is 2.19. The van der Waals surface area contributed by atoms with E-state index in [0.717, 1.165) is 6.54 Å². The summed E-state index contributed by atoms with van der Waals surface area (Å²) in [6, 6.07) is 7.21. The van der Waals surface area contributed by atoms with Crippen molar-refractivity contribution in [1.82, 2.24) is 4.90 Å². The molecule has 0 aromatic heterocycles. The molecule has 2 heteroatoms. The molecule has 0 bridgehead atoms. The third kappa shape index (κ3) is 2.38. The summed E-state index contributed by atoms with van der Waals surface area (Å²) in [4.78, 5) is 2.38. The first-order valence-corrected chi connectivity index (χ1v) is 6.26. The molecule has 0 fully saturated rings. The van der Waals surface area contributed by atoms with E-state index in [1.54, 1.807) is 0 Å². The molecule has 2 rings (SSSR count). The lowest BCUT2D eigenvalue weighted by Gasteiger charge is -2.28. The van der Waals surface area contributed by atoms with E-state index in [-0.39, 0.29) is 0 Å². The van der Waals surface area contributed by atoms with Gasteiger partial charge in [-0.15, -0.1) is 0 Å². The Balaban J connectivity index is 2.23. The Morgan fingerprint density at radius 2 is 2.25 bits per heavy atom. The van der Waals surface area contributed by atoms with E-state index in [2.05, 4.69) is 49.3 Å². The van der Waals surface area contributed by atoms with Gasteiger partial charge < -0.3 is 10.2 Å². The Morgan fingerprint density at radius 3 is 3.00 bits per heavy atom. The summed E-state index contributed by atoms with van der Waals surface area (Å²) >= 11 is 0. The Kier molecular flexibility index (Phi) is 3.49. The molecule has 1 aromatic carbocycles. The van der Waals surface area contributed by atoms with Gasteiger partial charge >= 0.3 is 0 Å². The van der Waals surface area contributed by atoms with E-state index in [4.69, 9.17) is 0 Å². The minimum atomic E-state index is 0.561. The van der Waals surface area contributed by atoms with Crippen molar-refractivity contribution in [2.45, 2.75) is 39.3 Å². The van der Waals surface area contributed by atoms with Crippen molar-refractivity contribution in [3.8, 4) is 0 Å². The van der Waals surface area contributed by atoms with Crippen LogP contribution in [-0.2, 0) is 13.0 Å². The summed E-state index contributed by atoms with van der Waals surface area (Å²) in [5, 5.41) is 3.62. The van der Waals surface area contributed by atoms with Crippen LogP contribution in [-0.4, -0.2) is 24.5 Å². The summed E-state index contributed by atoms with van der Waals surface area (Å²) in [6.07, 6.45) is 2.34. The molecule has 1 aliphatic heterocycles. The Morgan fingerprint density at radius 1 is 1.44 bits per heavy atom.